The molecule has 2 heterocycles. The molecule has 0 aliphatic carbocycles. The lowest BCUT2D eigenvalue weighted by Gasteiger charge is -2.34. The normalized spacial score (nSPS) is 14.4. The lowest BCUT2D eigenvalue weighted by molar-refractivity contribution is -0.120. The number of rotatable bonds is 5. The predicted octanol–water partition coefficient (Wildman–Crippen LogP) is 5.09. The zero-order valence-corrected chi connectivity index (χ0v) is 18.8. The summed E-state index contributed by atoms with van der Waals surface area (Å²) in [4.78, 5) is 19.5. The second-order valence-corrected chi connectivity index (χ2v) is 8.55. The Kier molecular flexibility index (Phi) is 6.27. The number of ether oxygens (including phenoxy) is 1. The van der Waals surface area contributed by atoms with Gasteiger partial charge in [-0.2, -0.15) is 5.26 Å². The average Bonchev–Trinajstić information content (AvgIpc) is 2.83. The van der Waals surface area contributed by atoms with Gasteiger partial charge in [-0.25, -0.2) is 0 Å². The van der Waals surface area contributed by atoms with E-state index in [0.29, 0.717) is 24.6 Å². The van der Waals surface area contributed by atoms with Gasteiger partial charge < -0.3 is 15.0 Å². The number of benzene rings is 2. The van der Waals surface area contributed by atoms with Gasteiger partial charge >= 0.3 is 0 Å². The molecule has 0 bridgehead atoms. The number of nitrogens with one attached hydrogen (secondary N) is 1. The maximum atomic E-state index is 12.9. The molecule has 1 amide bonds. The van der Waals surface area contributed by atoms with Gasteiger partial charge in [0.1, 0.15) is 11.8 Å². The van der Waals surface area contributed by atoms with Gasteiger partial charge in [0.05, 0.1) is 23.9 Å². The molecule has 2 aromatic carbocycles. The van der Waals surface area contributed by atoms with Crippen LogP contribution in [0.25, 0.3) is 10.9 Å². The molecule has 6 nitrogen and oxygen atoms in total. The number of nitriles is 1. The van der Waals surface area contributed by atoms with Crippen LogP contribution in [0.2, 0.25) is 0 Å². The largest absolute Gasteiger partial charge is 0.497 e. The lowest BCUT2D eigenvalue weighted by atomic mass is 9.94. The van der Waals surface area contributed by atoms with Crippen molar-refractivity contribution in [2.75, 3.05) is 30.4 Å². The summed E-state index contributed by atoms with van der Waals surface area (Å²) in [7, 11) is 1.63. The summed E-state index contributed by atoms with van der Waals surface area (Å²) in [5.41, 5.74) is 4.30. The van der Waals surface area contributed by atoms with Crippen LogP contribution in [0.1, 0.15) is 43.7 Å². The molecule has 1 saturated heterocycles. The van der Waals surface area contributed by atoms with Crippen LogP contribution >= 0.6 is 0 Å². The number of carbonyl (C=O) groups excluding carboxylic acids is 1. The Morgan fingerprint density at radius 1 is 1.22 bits per heavy atom. The standard InChI is InChI=1S/C26H28N4O2/c1-17(2)19-5-4-6-21(13-19)29-26(31)18-9-11-30(12-10-18)25-20(15-27)16-28-24-8-7-22(32-3)14-23(24)25/h4-8,13-14,16-18H,9-12H2,1-3H3,(H,29,31). The second kappa shape index (κ2) is 9.27. The van der Waals surface area contributed by atoms with E-state index in [2.05, 4.69) is 41.2 Å². The third-order valence-electron chi connectivity index (χ3n) is 6.17. The first-order valence-electron chi connectivity index (χ1n) is 11.0. The highest BCUT2D eigenvalue weighted by molar-refractivity contribution is 5.96. The summed E-state index contributed by atoms with van der Waals surface area (Å²) >= 11 is 0. The molecule has 3 aromatic rings. The highest BCUT2D eigenvalue weighted by Crippen LogP contribution is 2.34. The minimum atomic E-state index is -0.0536. The Balaban J connectivity index is 1.50. The van der Waals surface area contributed by atoms with Crippen molar-refractivity contribution in [1.82, 2.24) is 4.98 Å². The van der Waals surface area contributed by atoms with Gasteiger partial charge in [0, 0.05) is 36.3 Å². The number of fused-ring (bicyclic) bond motifs is 1. The van der Waals surface area contributed by atoms with E-state index in [1.807, 2.05) is 36.4 Å². The Hall–Kier alpha value is -3.59. The van der Waals surface area contributed by atoms with Crippen molar-refractivity contribution < 1.29 is 9.53 Å². The van der Waals surface area contributed by atoms with E-state index < -0.39 is 0 Å². The molecule has 4 rings (SSSR count). The van der Waals surface area contributed by atoms with E-state index in [0.717, 1.165) is 40.9 Å². The summed E-state index contributed by atoms with van der Waals surface area (Å²) in [6.07, 6.45) is 3.09. The number of hydrogen-bond donors (Lipinski definition) is 1. The molecule has 6 heteroatoms. The topological polar surface area (TPSA) is 78.2 Å². The SMILES string of the molecule is COc1ccc2ncc(C#N)c(N3CCC(C(=O)Nc4cccc(C(C)C)c4)CC3)c2c1. The van der Waals surface area contributed by atoms with Crippen LogP contribution in [0, 0.1) is 17.2 Å². The number of nitrogens with zero attached hydrogens (tertiary/aromatic N) is 3. The first-order chi connectivity index (χ1) is 15.5. The number of carbonyl (C=O) groups is 1. The molecule has 1 fully saturated rings. The van der Waals surface area contributed by atoms with Gasteiger partial charge in [0.2, 0.25) is 5.91 Å². The van der Waals surface area contributed by atoms with E-state index >= 15 is 0 Å². The molecule has 0 spiro atoms. The van der Waals surface area contributed by atoms with E-state index in [1.54, 1.807) is 13.3 Å². The number of hydrogen-bond acceptors (Lipinski definition) is 5. The van der Waals surface area contributed by atoms with Crippen LogP contribution in [0.5, 0.6) is 5.75 Å². The first-order valence-corrected chi connectivity index (χ1v) is 11.0. The van der Waals surface area contributed by atoms with Crippen LogP contribution in [-0.4, -0.2) is 31.1 Å². The number of pyridine rings is 1. The predicted molar refractivity (Wildman–Crippen MR) is 127 cm³/mol. The van der Waals surface area contributed by atoms with Crippen LogP contribution in [0.15, 0.2) is 48.7 Å². The monoisotopic (exact) mass is 428 g/mol. The molecular formula is C26H28N4O2. The molecule has 164 valence electrons. The first kappa shape index (κ1) is 21.6. The number of piperidine rings is 1. The van der Waals surface area contributed by atoms with Crippen molar-refractivity contribution >= 4 is 28.2 Å². The van der Waals surface area contributed by atoms with Crippen molar-refractivity contribution in [2.45, 2.75) is 32.6 Å². The van der Waals surface area contributed by atoms with E-state index in [9.17, 15) is 10.1 Å². The Morgan fingerprint density at radius 3 is 2.69 bits per heavy atom. The fourth-order valence-corrected chi connectivity index (χ4v) is 4.29. The molecule has 0 saturated carbocycles. The van der Waals surface area contributed by atoms with E-state index in [1.165, 1.54) is 5.56 Å². The molecule has 0 atom stereocenters. The van der Waals surface area contributed by atoms with Crippen LogP contribution < -0.4 is 15.0 Å². The molecule has 0 unspecified atom stereocenters. The van der Waals surface area contributed by atoms with Gasteiger partial charge in [0.15, 0.2) is 0 Å². The Bertz CT molecular complexity index is 1170. The summed E-state index contributed by atoms with van der Waals surface area (Å²) in [6.45, 7) is 5.69. The number of aromatic nitrogens is 1. The Morgan fingerprint density at radius 2 is 2.00 bits per heavy atom. The number of anilines is 2. The Labute approximate surface area is 188 Å². The van der Waals surface area contributed by atoms with Gasteiger partial charge in [-0.05, 0) is 54.7 Å². The molecule has 0 radical (unpaired) electrons. The van der Waals surface area contributed by atoms with Crippen LogP contribution in [-0.2, 0) is 4.79 Å². The summed E-state index contributed by atoms with van der Waals surface area (Å²) < 4.78 is 5.38. The van der Waals surface area contributed by atoms with E-state index in [4.69, 9.17) is 4.74 Å². The maximum absolute atomic E-state index is 12.9. The molecule has 32 heavy (non-hydrogen) atoms. The third kappa shape index (κ3) is 4.38. The second-order valence-electron chi connectivity index (χ2n) is 8.55. The molecule has 1 aliphatic heterocycles. The zero-order chi connectivity index (χ0) is 22.7. The summed E-state index contributed by atoms with van der Waals surface area (Å²) in [5.74, 6) is 1.15. The van der Waals surface area contributed by atoms with Crippen molar-refractivity contribution in [1.29, 1.82) is 5.26 Å². The fourth-order valence-electron chi connectivity index (χ4n) is 4.29. The fraction of sp³-hybridized carbons (Fsp3) is 0.346. The summed E-state index contributed by atoms with van der Waals surface area (Å²) in [5, 5.41) is 13.7. The van der Waals surface area contributed by atoms with Gasteiger partial charge in [-0.3, -0.25) is 9.78 Å². The highest BCUT2D eigenvalue weighted by atomic mass is 16.5. The van der Waals surface area contributed by atoms with Crippen molar-refractivity contribution in [3.63, 3.8) is 0 Å². The minimum absolute atomic E-state index is 0.0536. The van der Waals surface area contributed by atoms with Gasteiger partial charge in [0.25, 0.3) is 0 Å². The minimum Gasteiger partial charge on any atom is -0.497 e. The smallest absolute Gasteiger partial charge is 0.227 e. The zero-order valence-electron chi connectivity index (χ0n) is 18.8. The van der Waals surface area contributed by atoms with Crippen LogP contribution in [0.4, 0.5) is 11.4 Å². The van der Waals surface area contributed by atoms with Crippen molar-refractivity contribution in [3.05, 3.63) is 59.8 Å². The maximum Gasteiger partial charge on any atom is 0.227 e. The van der Waals surface area contributed by atoms with Gasteiger partial charge in [-0.15, -0.1) is 0 Å². The van der Waals surface area contributed by atoms with Crippen molar-refractivity contribution in [3.8, 4) is 11.8 Å². The quantitative estimate of drug-likeness (QED) is 0.612. The van der Waals surface area contributed by atoms with E-state index in [-0.39, 0.29) is 11.8 Å². The van der Waals surface area contributed by atoms with Crippen molar-refractivity contribution in [2.24, 2.45) is 5.92 Å². The average molecular weight is 429 g/mol. The summed E-state index contributed by atoms with van der Waals surface area (Å²) in [6, 6.07) is 16.0. The van der Waals surface area contributed by atoms with Gasteiger partial charge in [-0.1, -0.05) is 26.0 Å². The third-order valence-corrected chi connectivity index (χ3v) is 6.17. The number of methoxy groups -OCH3 is 1. The molecule has 1 N–H and O–H groups in total. The molecule has 1 aromatic heterocycles. The highest BCUT2D eigenvalue weighted by Gasteiger charge is 2.27. The number of amides is 1. The molecular weight excluding hydrogens is 400 g/mol. The molecule has 1 aliphatic rings. The van der Waals surface area contributed by atoms with Crippen LogP contribution in [0.3, 0.4) is 0 Å². The lowest BCUT2D eigenvalue weighted by Crippen LogP contribution is -2.38.